The third kappa shape index (κ3) is 3.06. The number of methoxy groups -OCH3 is 1. The van der Waals surface area contributed by atoms with Gasteiger partial charge in [-0.25, -0.2) is 5.43 Å². The minimum absolute atomic E-state index is 0.205. The largest absolute Gasteiger partial charge is 0.497 e. The van der Waals surface area contributed by atoms with Crippen molar-refractivity contribution in [3.8, 4) is 5.75 Å². The van der Waals surface area contributed by atoms with Crippen LogP contribution in [0.4, 0.5) is 0 Å². The van der Waals surface area contributed by atoms with Crippen LogP contribution >= 0.6 is 0 Å². The minimum atomic E-state index is -0.205. The Morgan fingerprint density at radius 1 is 1.47 bits per heavy atom. The van der Waals surface area contributed by atoms with Gasteiger partial charge in [0.15, 0.2) is 0 Å². The molecule has 0 spiro atoms. The molecule has 17 heavy (non-hydrogen) atoms. The Balaban J connectivity index is 2.01. The molecular formula is C13H16N2O2. The highest BCUT2D eigenvalue weighted by atomic mass is 16.5. The van der Waals surface area contributed by atoms with Gasteiger partial charge in [0.2, 0.25) is 0 Å². The lowest BCUT2D eigenvalue weighted by Crippen LogP contribution is -2.19. The maximum Gasteiger partial charge on any atom is 0.271 e. The molecule has 0 heterocycles. The Morgan fingerprint density at radius 2 is 2.24 bits per heavy atom. The van der Waals surface area contributed by atoms with E-state index in [4.69, 9.17) is 4.74 Å². The summed E-state index contributed by atoms with van der Waals surface area (Å²) >= 11 is 0. The molecule has 0 aliphatic heterocycles. The third-order valence-electron chi connectivity index (χ3n) is 2.83. The fraction of sp³-hybridized carbons (Fsp3) is 0.385. The zero-order chi connectivity index (χ0) is 12.3. The van der Waals surface area contributed by atoms with E-state index >= 15 is 0 Å². The molecule has 1 fully saturated rings. The van der Waals surface area contributed by atoms with E-state index in [1.165, 1.54) is 12.8 Å². The molecule has 0 atom stereocenters. The van der Waals surface area contributed by atoms with Gasteiger partial charge in [-0.1, -0.05) is 6.07 Å². The molecule has 0 unspecified atom stereocenters. The summed E-state index contributed by atoms with van der Waals surface area (Å²) in [5, 5.41) is 4.09. The number of hydrogen-bond donors (Lipinski definition) is 1. The number of nitrogens with one attached hydrogen (secondary N) is 1. The molecule has 1 N–H and O–H groups in total. The van der Waals surface area contributed by atoms with Crippen LogP contribution in [-0.4, -0.2) is 18.7 Å². The summed E-state index contributed by atoms with van der Waals surface area (Å²) in [6.45, 7) is 1.95. The Hall–Kier alpha value is -1.84. The van der Waals surface area contributed by atoms with Crippen LogP contribution in [0.2, 0.25) is 0 Å². The quantitative estimate of drug-likeness (QED) is 0.639. The topological polar surface area (TPSA) is 50.7 Å². The number of nitrogens with zero attached hydrogens (tertiary/aromatic N) is 1. The van der Waals surface area contributed by atoms with Crippen molar-refractivity contribution in [2.75, 3.05) is 7.11 Å². The highest BCUT2D eigenvalue weighted by molar-refractivity contribution is 5.96. The van der Waals surface area contributed by atoms with Crippen LogP contribution in [0.3, 0.4) is 0 Å². The summed E-state index contributed by atoms with van der Waals surface area (Å²) < 4.78 is 5.06. The molecular weight excluding hydrogens is 216 g/mol. The number of hydrazone groups is 1. The molecule has 4 heteroatoms. The molecule has 1 saturated carbocycles. The molecule has 0 bridgehead atoms. The van der Waals surface area contributed by atoms with E-state index in [-0.39, 0.29) is 5.91 Å². The van der Waals surface area contributed by atoms with E-state index in [0.717, 1.165) is 5.71 Å². The molecule has 90 valence electrons. The van der Waals surface area contributed by atoms with Gasteiger partial charge in [-0.05, 0) is 43.9 Å². The molecule has 0 radical (unpaired) electrons. The predicted molar refractivity (Wildman–Crippen MR) is 66.3 cm³/mol. The lowest BCUT2D eigenvalue weighted by molar-refractivity contribution is 0.0954. The zero-order valence-electron chi connectivity index (χ0n) is 10.1. The number of carbonyl (C=O) groups excluding carboxylic acids is 1. The van der Waals surface area contributed by atoms with Crippen LogP contribution in [0.5, 0.6) is 5.75 Å². The van der Waals surface area contributed by atoms with Gasteiger partial charge in [0.1, 0.15) is 5.75 Å². The fourth-order valence-corrected chi connectivity index (χ4v) is 1.56. The molecule has 1 amide bonds. The van der Waals surface area contributed by atoms with Gasteiger partial charge in [-0.15, -0.1) is 0 Å². The van der Waals surface area contributed by atoms with Crippen molar-refractivity contribution in [1.29, 1.82) is 0 Å². The first-order chi connectivity index (χ1) is 8.20. The summed E-state index contributed by atoms with van der Waals surface area (Å²) in [4.78, 5) is 11.8. The first-order valence-electron chi connectivity index (χ1n) is 5.69. The van der Waals surface area contributed by atoms with E-state index in [1.54, 1.807) is 31.4 Å². The standard InChI is InChI=1S/C13H16N2O2/c1-9(10-6-7-10)14-15-13(16)11-4-3-5-12(8-11)17-2/h3-5,8,10H,6-7H2,1-2H3,(H,15,16)/b14-9+. The van der Waals surface area contributed by atoms with E-state index in [1.807, 2.05) is 6.92 Å². The number of rotatable bonds is 4. The maximum atomic E-state index is 11.8. The van der Waals surface area contributed by atoms with Crippen molar-refractivity contribution in [2.24, 2.45) is 11.0 Å². The molecule has 0 aromatic heterocycles. The molecule has 2 rings (SSSR count). The number of carbonyl (C=O) groups is 1. The van der Waals surface area contributed by atoms with Crippen LogP contribution in [0.1, 0.15) is 30.1 Å². The van der Waals surface area contributed by atoms with E-state index in [9.17, 15) is 4.79 Å². The molecule has 1 aromatic carbocycles. The van der Waals surface area contributed by atoms with E-state index < -0.39 is 0 Å². The second kappa shape index (κ2) is 4.99. The lowest BCUT2D eigenvalue weighted by atomic mass is 10.2. The van der Waals surface area contributed by atoms with Gasteiger partial charge >= 0.3 is 0 Å². The Labute approximate surface area is 101 Å². The van der Waals surface area contributed by atoms with Crippen molar-refractivity contribution in [3.05, 3.63) is 29.8 Å². The summed E-state index contributed by atoms with van der Waals surface area (Å²) in [6.07, 6.45) is 2.37. The smallest absolute Gasteiger partial charge is 0.271 e. The van der Waals surface area contributed by atoms with Crippen LogP contribution in [0, 0.1) is 5.92 Å². The number of hydrogen-bond acceptors (Lipinski definition) is 3. The maximum absolute atomic E-state index is 11.8. The monoisotopic (exact) mass is 232 g/mol. The average molecular weight is 232 g/mol. The van der Waals surface area contributed by atoms with Gasteiger partial charge in [0.05, 0.1) is 7.11 Å². The van der Waals surface area contributed by atoms with Gasteiger partial charge < -0.3 is 4.74 Å². The van der Waals surface area contributed by atoms with E-state index in [0.29, 0.717) is 17.2 Å². The van der Waals surface area contributed by atoms with Gasteiger partial charge in [0, 0.05) is 11.3 Å². The van der Waals surface area contributed by atoms with E-state index in [2.05, 4.69) is 10.5 Å². The molecule has 1 aromatic rings. The number of ether oxygens (including phenoxy) is 1. The fourth-order valence-electron chi connectivity index (χ4n) is 1.56. The first-order valence-corrected chi connectivity index (χ1v) is 5.69. The van der Waals surface area contributed by atoms with Crippen molar-refractivity contribution in [2.45, 2.75) is 19.8 Å². The summed E-state index contributed by atoms with van der Waals surface area (Å²) in [7, 11) is 1.58. The predicted octanol–water partition coefficient (Wildman–Crippen LogP) is 2.21. The van der Waals surface area contributed by atoms with Gasteiger partial charge in [0.25, 0.3) is 5.91 Å². The SMILES string of the molecule is COc1cccc(C(=O)N/N=C(\C)C2CC2)c1. The Morgan fingerprint density at radius 3 is 2.88 bits per heavy atom. The molecule has 1 aliphatic carbocycles. The molecule has 0 saturated heterocycles. The Bertz CT molecular complexity index is 450. The van der Waals surface area contributed by atoms with Gasteiger partial charge in [-0.2, -0.15) is 5.10 Å². The zero-order valence-corrected chi connectivity index (χ0v) is 10.1. The highest BCUT2D eigenvalue weighted by Gasteiger charge is 2.24. The lowest BCUT2D eigenvalue weighted by Gasteiger charge is -2.04. The average Bonchev–Trinajstić information content (AvgIpc) is 3.19. The summed E-state index contributed by atoms with van der Waals surface area (Å²) in [5.74, 6) is 1.03. The van der Waals surface area contributed by atoms with Crippen LogP contribution in [-0.2, 0) is 0 Å². The number of amides is 1. The van der Waals surface area contributed by atoms with Crippen LogP contribution in [0.25, 0.3) is 0 Å². The number of benzene rings is 1. The van der Waals surface area contributed by atoms with Crippen LogP contribution < -0.4 is 10.2 Å². The summed E-state index contributed by atoms with van der Waals surface area (Å²) in [5.41, 5.74) is 4.12. The highest BCUT2D eigenvalue weighted by Crippen LogP contribution is 2.30. The molecule has 4 nitrogen and oxygen atoms in total. The second-order valence-electron chi connectivity index (χ2n) is 4.20. The normalized spacial score (nSPS) is 15.5. The van der Waals surface area contributed by atoms with Crippen molar-refractivity contribution in [3.63, 3.8) is 0 Å². The van der Waals surface area contributed by atoms with Gasteiger partial charge in [-0.3, -0.25) is 4.79 Å². The molecule has 1 aliphatic rings. The van der Waals surface area contributed by atoms with Crippen molar-refractivity contribution < 1.29 is 9.53 Å². The van der Waals surface area contributed by atoms with Crippen molar-refractivity contribution in [1.82, 2.24) is 5.43 Å². The minimum Gasteiger partial charge on any atom is -0.497 e. The first kappa shape index (κ1) is 11.6. The second-order valence-corrected chi connectivity index (χ2v) is 4.20. The third-order valence-corrected chi connectivity index (χ3v) is 2.83. The summed E-state index contributed by atoms with van der Waals surface area (Å²) in [6, 6.07) is 7.01. The van der Waals surface area contributed by atoms with Crippen LogP contribution in [0.15, 0.2) is 29.4 Å². The van der Waals surface area contributed by atoms with Crippen molar-refractivity contribution >= 4 is 11.6 Å². The Kier molecular flexibility index (Phi) is 3.42.